The van der Waals surface area contributed by atoms with E-state index in [2.05, 4.69) is 39.9 Å². The summed E-state index contributed by atoms with van der Waals surface area (Å²) in [5, 5.41) is 13.8. The molecule has 0 aliphatic heterocycles. The Bertz CT molecular complexity index is 537. The van der Waals surface area contributed by atoms with E-state index in [1.807, 2.05) is 24.3 Å². The van der Waals surface area contributed by atoms with Crippen LogP contribution >= 0.6 is 15.9 Å². The van der Waals surface area contributed by atoms with Crippen molar-refractivity contribution >= 4 is 15.9 Å². The van der Waals surface area contributed by atoms with Crippen molar-refractivity contribution in [2.24, 2.45) is 5.92 Å². The normalized spacial score (nSPS) is 12.8. The average Bonchev–Trinajstić information content (AvgIpc) is 2.78. The van der Waals surface area contributed by atoms with Crippen LogP contribution in [-0.4, -0.2) is 21.4 Å². The highest BCUT2D eigenvalue weighted by Gasteiger charge is 2.13. The number of aromatic nitrogens is 2. The van der Waals surface area contributed by atoms with Gasteiger partial charge in [-0.2, -0.15) is 4.98 Å². The van der Waals surface area contributed by atoms with Gasteiger partial charge in [-0.15, -0.1) is 0 Å². The van der Waals surface area contributed by atoms with Gasteiger partial charge in [-0.3, -0.25) is 0 Å². The molecule has 20 heavy (non-hydrogen) atoms. The Balaban J connectivity index is 1.93. The van der Waals surface area contributed by atoms with Crippen molar-refractivity contribution in [1.29, 1.82) is 0 Å². The first kappa shape index (κ1) is 15.2. The third kappa shape index (κ3) is 4.72. The lowest BCUT2D eigenvalue weighted by atomic mass is 10.0. The molecule has 2 aromatic rings. The Morgan fingerprint density at radius 3 is 2.60 bits per heavy atom. The summed E-state index contributed by atoms with van der Waals surface area (Å²) < 4.78 is 6.23. The van der Waals surface area contributed by atoms with Gasteiger partial charge in [0.05, 0.1) is 12.5 Å². The molecule has 0 aliphatic carbocycles. The van der Waals surface area contributed by atoms with Gasteiger partial charge < -0.3 is 9.63 Å². The fourth-order valence-corrected chi connectivity index (χ4v) is 2.32. The van der Waals surface area contributed by atoms with Gasteiger partial charge in [0.25, 0.3) is 0 Å². The molecule has 0 aliphatic rings. The van der Waals surface area contributed by atoms with Crippen molar-refractivity contribution in [2.75, 3.05) is 0 Å². The molecule has 2 rings (SSSR count). The Hall–Kier alpha value is -1.20. The van der Waals surface area contributed by atoms with Crippen molar-refractivity contribution in [3.05, 3.63) is 46.0 Å². The van der Waals surface area contributed by atoms with Crippen LogP contribution in [0.3, 0.4) is 0 Å². The quantitative estimate of drug-likeness (QED) is 0.877. The summed E-state index contributed by atoms with van der Waals surface area (Å²) in [6, 6.07) is 8.02. The van der Waals surface area contributed by atoms with E-state index >= 15 is 0 Å². The van der Waals surface area contributed by atoms with E-state index in [-0.39, 0.29) is 0 Å². The lowest BCUT2D eigenvalue weighted by Crippen LogP contribution is -2.13. The van der Waals surface area contributed by atoms with E-state index in [4.69, 9.17) is 4.52 Å². The van der Waals surface area contributed by atoms with Crippen LogP contribution in [0.1, 0.15) is 37.5 Å². The molecule has 1 aromatic carbocycles. The molecule has 0 saturated carbocycles. The lowest BCUT2D eigenvalue weighted by Gasteiger charge is -2.09. The SMILES string of the molecule is CC(C)CC(O)Cc1nc(Cc2ccc(Br)cc2)no1. The van der Waals surface area contributed by atoms with Crippen LogP contribution in [0.2, 0.25) is 0 Å². The predicted octanol–water partition coefficient (Wildman–Crippen LogP) is 3.37. The van der Waals surface area contributed by atoms with E-state index < -0.39 is 6.10 Å². The minimum Gasteiger partial charge on any atom is -0.393 e. The first-order chi connectivity index (χ1) is 9.52. The molecule has 0 amide bonds. The number of aliphatic hydroxyl groups excluding tert-OH is 1. The Labute approximate surface area is 127 Å². The Kier molecular flexibility index (Phi) is 5.31. The van der Waals surface area contributed by atoms with E-state index in [0.29, 0.717) is 30.5 Å². The number of hydrogen-bond donors (Lipinski definition) is 1. The molecule has 0 spiro atoms. The van der Waals surface area contributed by atoms with Crippen LogP contribution in [0.4, 0.5) is 0 Å². The molecule has 1 N–H and O–H groups in total. The third-order valence-corrected chi connectivity index (χ3v) is 3.47. The van der Waals surface area contributed by atoms with Gasteiger partial charge in [-0.1, -0.05) is 47.1 Å². The molecule has 0 fully saturated rings. The van der Waals surface area contributed by atoms with Crippen molar-refractivity contribution in [1.82, 2.24) is 10.1 Å². The van der Waals surface area contributed by atoms with Crippen molar-refractivity contribution in [2.45, 2.75) is 39.2 Å². The summed E-state index contributed by atoms with van der Waals surface area (Å²) in [5.74, 6) is 1.61. The zero-order valence-corrected chi connectivity index (χ0v) is 13.3. The molecule has 1 heterocycles. The summed E-state index contributed by atoms with van der Waals surface area (Å²) in [6.07, 6.45) is 1.38. The minimum atomic E-state index is -0.420. The smallest absolute Gasteiger partial charge is 0.229 e. The van der Waals surface area contributed by atoms with Crippen LogP contribution in [0.15, 0.2) is 33.3 Å². The summed E-state index contributed by atoms with van der Waals surface area (Å²) in [5.41, 5.74) is 1.13. The predicted molar refractivity (Wildman–Crippen MR) is 80.4 cm³/mol. The topological polar surface area (TPSA) is 59.2 Å². The molecule has 4 nitrogen and oxygen atoms in total. The van der Waals surface area contributed by atoms with Gasteiger partial charge in [0.1, 0.15) is 0 Å². The van der Waals surface area contributed by atoms with E-state index in [1.54, 1.807) is 0 Å². The van der Waals surface area contributed by atoms with Crippen LogP contribution in [0.5, 0.6) is 0 Å². The van der Waals surface area contributed by atoms with Crippen LogP contribution in [0.25, 0.3) is 0 Å². The fourth-order valence-electron chi connectivity index (χ4n) is 2.06. The zero-order chi connectivity index (χ0) is 14.5. The zero-order valence-electron chi connectivity index (χ0n) is 11.7. The molecule has 5 heteroatoms. The van der Waals surface area contributed by atoms with E-state index in [1.165, 1.54) is 0 Å². The second-order valence-electron chi connectivity index (χ2n) is 5.40. The van der Waals surface area contributed by atoms with Gasteiger partial charge in [0.15, 0.2) is 5.82 Å². The maximum atomic E-state index is 9.87. The molecular weight excluding hydrogens is 320 g/mol. The maximum Gasteiger partial charge on any atom is 0.229 e. The Morgan fingerprint density at radius 1 is 1.25 bits per heavy atom. The highest BCUT2D eigenvalue weighted by atomic mass is 79.9. The number of nitrogens with zero attached hydrogens (tertiary/aromatic N) is 2. The van der Waals surface area contributed by atoms with Gasteiger partial charge in [0.2, 0.25) is 5.89 Å². The molecule has 0 radical (unpaired) electrons. The lowest BCUT2D eigenvalue weighted by molar-refractivity contribution is 0.138. The van der Waals surface area contributed by atoms with Crippen molar-refractivity contribution in [3.63, 3.8) is 0 Å². The highest BCUT2D eigenvalue weighted by molar-refractivity contribution is 9.10. The second-order valence-corrected chi connectivity index (χ2v) is 6.31. The molecule has 1 unspecified atom stereocenters. The first-order valence-electron chi connectivity index (χ1n) is 6.77. The number of halogens is 1. The monoisotopic (exact) mass is 338 g/mol. The first-order valence-corrected chi connectivity index (χ1v) is 7.56. The second kappa shape index (κ2) is 6.99. The van der Waals surface area contributed by atoms with E-state index in [0.717, 1.165) is 16.5 Å². The minimum absolute atomic E-state index is 0.420. The summed E-state index contributed by atoms with van der Waals surface area (Å²) in [6.45, 7) is 4.16. The summed E-state index contributed by atoms with van der Waals surface area (Å²) >= 11 is 3.40. The summed E-state index contributed by atoms with van der Waals surface area (Å²) in [7, 11) is 0. The van der Waals surface area contributed by atoms with Crippen LogP contribution in [0, 0.1) is 5.92 Å². The van der Waals surface area contributed by atoms with Crippen molar-refractivity contribution in [3.8, 4) is 0 Å². The standard InChI is InChI=1S/C15H19BrN2O2/c1-10(2)7-13(19)9-15-17-14(18-20-15)8-11-3-5-12(16)6-4-11/h3-6,10,13,19H,7-9H2,1-2H3. The molecule has 108 valence electrons. The van der Waals surface area contributed by atoms with Gasteiger partial charge in [-0.05, 0) is 30.0 Å². The largest absolute Gasteiger partial charge is 0.393 e. The number of benzene rings is 1. The summed E-state index contributed by atoms with van der Waals surface area (Å²) in [4.78, 5) is 4.33. The third-order valence-electron chi connectivity index (χ3n) is 2.94. The van der Waals surface area contributed by atoms with Gasteiger partial charge >= 0.3 is 0 Å². The number of rotatable bonds is 6. The highest BCUT2D eigenvalue weighted by Crippen LogP contribution is 2.14. The van der Waals surface area contributed by atoms with Crippen molar-refractivity contribution < 1.29 is 9.63 Å². The van der Waals surface area contributed by atoms with Crippen LogP contribution < -0.4 is 0 Å². The van der Waals surface area contributed by atoms with Gasteiger partial charge in [-0.25, -0.2) is 0 Å². The Morgan fingerprint density at radius 2 is 1.95 bits per heavy atom. The number of hydrogen-bond acceptors (Lipinski definition) is 4. The molecule has 1 aromatic heterocycles. The maximum absolute atomic E-state index is 9.87. The molecule has 1 atom stereocenters. The fraction of sp³-hybridized carbons (Fsp3) is 0.467. The molecular formula is C15H19BrN2O2. The average molecular weight is 339 g/mol. The van der Waals surface area contributed by atoms with E-state index in [9.17, 15) is 5.11 Å². The number of aliphatic hydroxyl groups is 1. The molecule has 0 bridgehead atoms. The molecule has 0 saturated heterocycles. The van der Waals surface area contributed by atoms with Gasteiger partial charge in [0, 0.05) is 10.9 Å². The van der Waals surface area contributed by atoms with Crippen LogP contribution in [-0.2, 0) is 12.8 Å².